The second kappa shape index (κ2) is 9.20. The summed E-state index contributed by atoms with van der Waals surface area (Å²) in [4.78, 5) is 38.7. The first-order valence-electron chi connectivity index (χ1n) is 9.00. The van der Waals surface area contributed by atoms with Crippen molar-refractivity contribution in [2.24, 2.45) is 0 Å². The van der Waals surface area contributed by atoms with Gasteiger partial charge in [0.15, 0.2) is 6.61 Å². The van der Waals surface area contributed by atoms with Crippen LogP contribution in [0.3, 0.4) is 0 Å². The molecule has 2 heterocycles. The number of nitro benzene ring substituents is 1. The highest BCUT2D eigenvalue weighted by Gasteiger charge is 2.24. The second-order valence-corrected chi connectivity index (χ2v) is 6.46. The minimum Gasteiger partial charge on any atom is -0.467 e. The first-order valence-corrected chi connectivity index (χ1v) is 9.00. The largest absolute Gasteiger partial charge is 0.467 e. The summed E-state index contributed by atoms with van der Waals surface area (Å²) in [6.07, 6.45) is 1.50. The molecule has 10 nitrogen and oxygen atoms in total. The van der Waals surface area contributed by atoms with E-state index in [1.807, 2.05) is 4.90 Å². The van der Waals surface area contributed by atoms with E-state index in [-0.39, 0.29) is 17.8 Å². The van der Waals surface area contributed by atoms with Gasteiger partial charge in [0.2, 0.25) is 0 Å². The van der Waals surface area contributed by atoms with Crippen molar-refractivity contribution in [3.05, 3.63) is 58.0 Å². The number of rotatable bonds is 7. The Labute approximate surface area is 166 Å². The van der Waals surface area contributed by atoms with Gasteiger partial charge in [0.05, 0.1) is 42.2 Å². The Morgan fingerprint density at radius 3 is 2.69 bits per heavy atom. The number of benzene rings is 1. The standard InChI is InChI=1S/C19H21N3O7/c1-20(12-15-3-2-8-28-15)18(23)13-29-19(24)16-11-14(22(25)26)4-5-17(16)21-6-9-27-10-7-21/h2-5,8,11H,6-7,9-10,12-13H2,1H3. The van der Waals surface area contributed by atoms with Crippen molar-refractivity contribution < 1.29 is 28.4 Å². The third kappa shape index (κ3) is 5.11. The van der Waals surface area contributed by atoms with Crippen LogP contribution in [0.15, 0.2) is 41.0 Å². The highest BCUT2D eigenvalue weighted by Crippen LogP contribution is 2.27. The molecule has 0 bridgehead atoms. The van der Waals surface area contributed by atoms with E-state index in [1.54, 1.807) is 19.2 Å². The number of nitrogens with zero attached hydrogens (tertiary/aromatic N) is 3. The van der Waals surface area contributed by atoms with Gasteiger partial charge in [-0.15, -0.1) is 0 Å². The number of furan rings is 1. The van der Waals surface area contributed by atoms with Crippen molar-refractivity contribution in [2.75, 3.05) is 44.9 Å². The van der Waals surface area contributed by atoms with Crippen LogP contribution in [0.2, 0.25) is 0 Å². The fourth-order valence-corrected chi connectivity index (χ4v) is 2.92. The number of morpholine rings is 1. The van der Waals surface area contributed by atoms with Gasteiger partial charge in [-0.25, -0.2) is 4.79 Å². The Kier molecular flexibility index (Phi) is 6.45. The molecule has 0 atom stereocenters. The average Bonchev–Trinajstić information content (AvgIpc) is 3.24. The third-order valence-electron chi connectivity index (χ3n) is 4.49. The smallest absolute Gasteiger partial charge is 0.341 e. The molecule has 1 saturated heterocycles. The Balaban J connectivity index is 1.70. The first-order chi connectivity index (χ1) is 14.0. The van der Waals surface area contributed by atoms with Gasteiger partial charge in [-0.1, -0.05) is 0 Å². The summed E-state index contributed by atoms with van der Waals surface area (Å²) >= 11 is 0. The molecule has 2 aromatic rings. The summed E-state index contributed by atoms with van der Waals surface area (Å²) in [5, 5.41) is 11.1. The summed E-state index contributed by atoms with van der Waals surface area (Å²) in [6.45, 7) is 1.81. The molecule has 29 heavy (non-hydrogen) atoms. The molecule has 1 aromatic heterocycles. The fourth-order valence-electron chi connectivity index (χ4n) is 2.92. The Morgan fingerprint density at radius 2 is 2.03 bits per heavy atom. The zero-order valence-electron chi connectivity index (χ0n) is 15.9. The van der Waals surface area contributed by atoms with Gasteiger partial charge >= 0.3 is 5.97 Å². The highest BCUT2D eigenvalue weighted by atomic mass is 16.6. The number of carbonyl (C=O) groups is 2. The molecular weight excluding hydrogens is 382 g/mol. The van der Waals surface area contributed by atoms with Crippen molar-refractivity contribution in [3.63, 3.8) is 0 Å². The van der Waals surface area contributed by atoms with Gasteiger partial charge in [-0.2, -0.15) is 0 Å². The van der Waals surface area contributed by atoms with Crippen LogP contribution in [0, 0.1) is 10.1 Å². The summed E-state index contributed by atoms with van der Waals surface area (Å²) in [5.74, 6) is -0.622. The average molecular weight is 403 g/mol. The van der Waals surface area contributed by atoms with Crippen molar-refractivity contribution in [3.8, 4) is 0 Å². The lowest BCUT2D eigenvalue weighted by Gasteiger charge is -2.30. The number of ether oxygens (including phenoxy) is 2. The molecule has 154 valence electrons. The molecule has 1 aliphatic rings. The molecule has 1 aliphatic heterocycles. The topological polar surface area (TPSA) is 115 Å². The van der Waals surface area contributed by atoms with Crippen LogP contribution < -0.4 is 4.90 Å². The molecule has 0 spiro atoms. The minimum atomic E-state index is -0.796. The molecule has 0 aliphatic carbocycles. The molecule has 1 aromatic carbocycles. The van der Waals surface area contributed by atoms with E-state index in [2.05, 4.69) is 0 Å². The molecule has 0 N–H and O–H groups in total. The van der Waals surface area contributed by atoms with Crippen molar-refractivity contribution in [2.45, 2.75) is 6.54 Å². The Bertz CT molecular complexity index is 876. The lowest BCUT2D eigenvalue weighted by Crippen LogP contribution is -2.37. The van der Waals surface area contributed by atoms with Crippen LogP contribution in [0.5, 0.6) is 0 Å². The SMILES string of the molecule is CN(Cc1ccco1)C(=O)COC(=O)c1cc([N+](=O)[O-])ccc1N1CCOCC1. The molecule has 10 heteroatoms. The molecule has 1 fully saturated rings. The highest BCUT2D eigenvalue weighted by molar-refractivity contribution is 5.97. The predicted molar refractivity (Wildman–Crippen MR) is 102 cm³/mol. The lowest BCUT2D eigenvalue weighted by atomic mass is 10.1. The zero-order valence-corrected chi connectivity index (χ0v) is 15.9. The molecule has 0 saturated carbocycles. The van der Waals surface area contributed by atoms with E-state index in [9.17, 15) is 19.7 Å². The maximum absolute atomic E-state index is 12.6. The zero-order chi connectivity index (χ0) is 20.8. The van der Waals surface area contributed by atoms with Gasteiger partial charge in [0.25, 0.3) is 11.6 Å². The van der Waals surface area contributed by atoms with E-state index in [4.69, 9.17) is 13.9 Å². The number of carbonyl (C=O) groups excluding carboxylic acids is 2. The van der Waals surface area contributed by atoms with E-state index in [0.717, 1.165) is 0 Å². The van der Waals surface area contributed by atoms with Gasteiger partial charge in [0.1, 0.15) is 5.76 Å². The van der Waals surface area contributed by atoms with E-state index in [1.165, 1.54) is 29.4 Å². The molecule has 0 unspecified atom stereocenters. The molecule has 3 rings (SSSR count). The van der Waals surface area contributed by atoms with Gasteiger partial charge in [-0.3, -0.25) is 14.9 Å². The Hall–Kier alpha value is -3.40. The van der Waals surface area contributed by atoms with Crippen molar-refractivity contribution in [1.29, 1.82) is 0 Å². The number of hydrogen-bond donors (Lipinski definition) is 0. The molecule has 1 amide bonds. The molecule has 0 radical (unpaired) electrons. The monoisotopic (exact) mass is 403 g/mol. The van der Waals surface area contributed by atoms with Gasteiger partial charge in [-0.05, 0) is 18.2 Å². The number of likely N-dealkylation sites (N-methyl/N-ethyl adjacent to an activating group) is 1. The normalized spacial score (nSPS) is 13.8. The number of non-ortho nitro benzene ring substituents is 1. The predicted octanol–water partition coefficient (Wildman–Crippen LogP) is 1.84. The quantitative estimate of drug-likeness (QED) is 0.391. The number of hydrogen-bond acceptors (Lipinski definition) is 8. The van der Waals surface area contributed by atoms with Gasteiger partial charge < -0.3 is 23.7 Å². The maximum atomic E-state index is 12.6. The molecular formula is C19H21N3O7. The van der Waals surface area contributed by atoms with Crippen LogP contribution in [-0.2, 0) is 20.8 Å². The summed E-state index contributed by atoms with van der Waals surface area (Å²) < 4.78 is 15.6. The second-order valence-electron chi connectivity index (χ2n) is 6.46. The number of amides is 1. The van der Waals surface area contributed by atoms with Crippen LogP contribution in [0.4, 0.5) is 11.4 Å². The van der Waals surface area contributed by atoms with E-state index >= 15 is 0 Å². The van der Waals surface area contributed by atoms with Crippen molar-refractivity contribution in [1.82, 2.24) is 4.90 Å². The van der Waals surface area contributed by atoms with Gasteiger partial charge in [0, 0.05) is 32.3 Å². The van der Waals surface area contributed by atoms with E-state index < -0.39 is 23.4 Å². The number of nitro groups is 1. The van der Waals surface area contributed by atoms with E-state index in [0.29, 0.717) is 37.8 Å². The number of esters is 1. The maximum Gasteiger partial charge on any atom is 0.341 e. The summed E-state index contributed by atoms with van der Waals surface area (Å²) in [6, 6.07) is 7.47. The third-order valence-corrected chi connectivity index (χ3v) is 4.49. The van der Waals surface area contributed by atoms with Crippen LogP contribution in [0.25, 0.3) is 0 Å². The summed E-state index contributed by atoms with van der Waals surface area (Å²) in [5.41, 5.74) is 0.332. The first kappa shape index (κ1) is 20.3. The lowest BCUT2D eigenvalue weighted by molar-refractivity contribution is -0.384. The van der Waals surface area contributed by atoms with Crippen LogP contribution >= 0.6 is 0 Å². The van der Waals surface area contributed by atoms with Crippen molar-refractivity contribution >= 4 is 23.3 Å². The fraction of sp³-hybridized carbons (Fsp3) is 0.368. The van der Waals surface area contributed by atoms with Crippen LogP contribution in [-0.4, -0.2) is 61.7 Å². The summed E-state index contributed by atoms with van der Waals surface area (Å²) in [7, 11) is 1.56. The Morgan fingerprint density at radius 1 is 1.28 bits per heavy atom. The number of anilines is 1. The minimum absolute atomic E-state index is 0.0441. The van der Waals surface area contributed by atoms with Crippen LogP contribution in [0.1, 0.15) is 16.1 Å².